The SMILES string of the molecule is CC(C)c1ccnc(N2CCNCC2)c1. The van der Waals surface area contributed by atoms with Gasteiger partial charge in [-0.3, -0.25) is 0 Å². The predicted molar refractivity (Wildman–Crippen MR) is 63.4 cm³/mol. The van der Waals surface area contributed by atoms with Crippen molar-refractivity contribution in [2.45, 2.75) is 19.8 Å². The summed E-state index contributed by atoms with van der Waals surface area (Å²) in [4.78, 5) is 6.79. The molecule has 1 N–H and O–H groups in total. The molecule has 1 saturated heterocycles. The average molecular weight is 205 g/mol. The number of piperazine rings is 1. The number of anilines is 1. The monoisotopic (exact) mass is 205 g/mol. The van der Waals surface area contributed by atoms with Gasteiger partial charge in [0.15, 0.2) is 0 Å². The standard InChI is InChI=1S/C12H19N3/c1-10(2)11-3-4-14-12(9-11)15-7-5-13-6-8-15/h3-4,9-10,13H,5-8H2,1-2H3. The van der Waals surface area contributed by atoms with Crippen molar-refractivity contribution < 1.29 is 0 Å². The molecule has 1 aliphatic rings. The summed E-state index contributed by atoms with van der Waals surface area (Å²) in [7, 11) is 0. The van der Waals surface area contributed by atoms with E-state index in [1.807, 2.05) is 6.20 Å². The van der Waals surface area contributed by atoms with Crippen LogP contribution in [0.5, 0.6) is 0 Å². The zero-order valence-electron chi connectivity index (χ0n) is 9.53. The first-order valence-electron chi connectivity index (χ1n) is 5.69. The maximum absolute atomic E-state index is 4.44. The molecular weight excluding hydrogens is 186 g/mol. The topological polar surface area (TPSA) is 28.2 Å². The third-order valence-electron chi connectivity index (χ3n) is 2.88. The van der Waals surface area contributed by atoms with Crippen molar-refractivity contribution in [3.8, 4) is 0 Å². The van der Waals surface area contributed by atoms with Crippen LogP contribution in [0, 0.1) is 0 Å². The molecule has 1 fully saturated rings. The van der Waals surface area contributed by atoms with Gasteiger partial charge in [0, 0.05) is 32.4 Å². The van der Waals surface area contributed by atoms with Crippen LogP contribution >= 0.6 is 0 Å². The van der Waals surface area contributed by atoms with E-state index in [0.29, 0.717) is 5.92 Å². The molecule has 0 saturated carbocycles. The normalized spacial score (nSPS) is 17.1. The third-order valence-corrected chi connectivity index (χ3v) is 2.88. The molecule has 3 heteroatoms. The summed E-state index contributed by atoms with van der Waals surface area (Å²) in [6.45, 7) is 8.69. The summed E-state index contributed by atoms with van der Waals surface area (Å²) in [6.07, 6.45) is 1.92. The zero-order valence-corrected chi connectivity index (χ0v) is 9.53. The molecule has 2 rings (SSSR count). The smallest absolute Gasteiger partial charge is 0.128 e. The fourth-order valence-electron chi connectivity index (χ4n) is 1.86. The van der Waals surface area contributed by atoms with E-state index in [4.69, 9.17) is 0 Å². The van der Waals surface area contributed by atoms with Crippen molar-refractivity contribution in [2.75, 3.05) is 31.1 Å². The summed E-state index contributed by atoms with van der Waals surface area (Å²) in [6, 6.07) is 4.33. The largest absolute Gasteiger partial charge is 0.354 e. The van der Waals surface area contributed by atoms with E-state index in [2.05, 4.69) is 41.2 Å². The second-order valence-corrected chi connectivity index (χ2v) is 4.34. The number of nitrogens with one attached hydrogen (secondary N) is 1. The van der Waals surface area contributed by atoms with Crippen molar-refractivity contribution >= 4 is 5.82 Å². The van der Waals surface area contributed by atoms with Crippen LogP contribution in [0.3, 0.4) is 0 Å². The zero-order chi connectivity index (χ0) is 10.7. The number of pyridine rings is 1. The Morgan fingerprint density at radius 3 is 2.73 bits per heavy atom. The highest BCUT2D eigenvalue weighted by Crippen LogP contribution is 2.19. The molecule has 0 unspecified atom stereocenters. The molecule has 0 atom stereocenters. The van der Waals surface area contributed by atoms with E-state index >= 15 is 0 Å². The molecular formula is C12H19N3. The Labute approximate surface area is 91.5 Å². The van der Waals surface area contributed by atoms with Crippen LogP contribution in [-0.2, 0) is 0 Å². The van der Waals surface area contributed by atoms with E-state index < -0.39 is 0 Å². The second kappa shape index (κ2) is 4.62. The van der Waals surface area contributed by atoms with Gasteiger partial charge in [-0.15, -0.1) is 0 Å². The van der Waals surface area contributed by atoms with Gasteiger partial charge in [0.05, 0.1) is 0 Å². The summed E-state index contributed by atoms with van der Waals surface area (Å²) < 4.78 is 0. The van der Waals surface area contributed by atoms with Crippen molar-refractivity contribution in [3.05, 3.63) is 23.9 Å². The van der Waals surface area contributed by atoms with E-state index in [-0.39, 0.29) is 0 Å². The van der Waals surface area contributed by atoms with Gasteiger partial charge in [0.25, 0.3) is 0 Å². The van der Waals surface area contributed by atoms with Gasteiger partial charge in [0.2, 0.25) is 0 Å². The molecule has 82 valence electrons. The van der Waals surface area contributed by atoms with E-state index in [0.717, 1.165) is 32.0 Å². The molecule has 0 spiro atoms. The summed E-state index contributed by atoms with van der Waals surface area (Å²) in [5.41, 5.74) is 1.37. The lowest BCUT2D eigenvalue weighted by molar-refractivity contribution is 0.584. The summed E-state index contributed by atoms with van der Waals surface area (Å²) in [5.74, 6) is 1.71. The molecule has 0 aromatic carbocycles. The molecule has 1 aromatic heterocycles. The Kier molecular flexibility index (Phi) is 3.21. The Bertz CT molecular complexity index is 316. The minimum absolute atomic E-state index is 0.578. The number of aromatic nitrogens is 1. The van der Waals surface area contributed by atoms with Crippen LogP contribution < -0.4 is 10.2 Å². The van der Waals surface area contributed by atoms with Crippen LogP contribution in [0.2, 0.25) is 0 Å². The summed E-state index contributed by atoms with van der Waals surface area (Å²) in [5, 5.41) is 3.35. The van der Waals surface area contributed by atoms with Crippen molar-refractivity contribution in [1.82, 2.24) is 10.3 Å². The molecule has 3 nitrogen and oxygen atoms in total. The van der Waals surface area contributed by atoms with Crippen LogP contribution in [-0.4, -0.2) is 31.2 Å². The highest BCUT2D eigenvalue weighted by atomic mass is 15.2. The van der Waals surface area contributed by atoms with Gasteiger partial charge in [-0.1, -0.05) is 13.8 Å². The maximum atomic E-state index is 4.44. The van der Waals surface area contributed by atoms with Gasteiger partial charge in [-0.05, 0) is 23.6 Å². The first-order valence-corrected chi connectivity index (χ1v) is 5.69. The quantitative estimate of drug-likeness (QED) is 0.795. The van der Waals surface area contributed by atoms with Gasteiger partial charge in [-0.25, -0.2) is 4.98 Å². The van der Waals surface area contributed by atoms with Gasteiger partial charge >= 0.3 is 0 Å². The predicted octanol–water partition coefficient (Wildman–Crippen LogP) is 1.61. The Balaban J connectivity index is 2.16. The lowest BCUT2D eigenvalue weighted by atomic mass is 10.1. The molecule has 15 heavy (non-hydrogen) atoms. The third kappa shape index (κ3) is 2.48. The molecule has 0 amide bonds. The number of hydrogen-bond acceptors (Lipinski definition) is 3. The number of rotatable bonds is 2. The van der Waals surface area contributed by atoms with Gasteiger partial charge < -0.3 is 10.2 Å². The number of nitrogens with zero attached hydrogens (tertiary/aromatic N) is 2. The molecule has 0 aliphatic carbocycles. The van der Waals surface area contributed by atoms with E-state index in [9.17, 15) is 0 Å². The first kappa shape index (κ1) is 10.4. The van der Waals surface area contributed by atoms with E-state index in [1.54, 1.807) is 0 Å². The van der Waals surface area contributed by atoms with Gasteiger partial charge in [0.1, 0.15) is 5.82 Å². The molecule has 1 aromatic rings. The van der Waals surface area contributed by atoms with Gasteiger partial charge in [-0.2, -0.15) is 0 Å². The lowest BCUT2D eigenvalue weighted by Gasteiger charge is -2.28. The lowest BCUT2D eigenvalue weighted by Crippen LogP contribution is -2.43. The van der Waals surface area contributed by atoms with Crippen LogP contribution in [0.25, 0.3) is 0 Å². The Hall–Kier alpha value is -1.09. The average Bonchev–Trinajstić information content (AvgIpc) is 2.30. The minimum atomic E-state index is 0.578. The molecule has 0 bridgehead atoms. The number of hydrogen-bond donors (Lipinski definition) is 1. The van der Waals surface area contributed by atoms with Crippen LogP contribution in [0.15, 0.2) is 18.3 Å². The maximum Gasteiger partial charge on any atom is 0.128 e. The Morgan fingerprint density at radius 2 is 2.07 bits per heavy atom. The second-order valence-electron chi connectivity index (χ2n) is 4.34. The van der Waals surface area contributed by atoms with Crippen LogP contribution in [0.1, 0.15) is 25.3 Å². The fourth-order valence-corrected chi connectivity index (χ4v) is 1.86. The Morgan fingerprint density at radius 1 is 1.33 bits per heavy atom. The fraction of sp³-hybridized carbons (Fsp3) is 0.583. The highest BCUT2D eigenvalue weighted by Gasteiger charge is 2.12. The van der Waals surface area contributed by atoms with Crippen LogP contribution in [0.4, 0.5) is 5.82 Å². The summed E-state index contributed by atoms with van der Waals surface area (Å²) >= 11 is 0. The molecule has 2 heterocycles. The van der Waals surface area contributed by atoms with Crippen molar-refractivity contribution in [2.24, 2.45) is 0 Å². The molecule has 1 aliphatic heterocycles. The highest BCUT2D eigenvalue weighted by molar-refractivity contribution is 5.42. The molecule has 0 radical (unpaired) electrons. The van der Waals surface area contributed by atoms with Crippen molar-refractivity contribution in [3.63, 3.8) is 0 Å². The minimum Gasteiger partial charge on any atom is -0.354 e. The first-order chi connectivity index (χ1) is 7.27. The van der Waals surface area contributed by atoms with Crippen molar-refractivity contribution in [1.29, 1.82) is 0 Å². The van der Waals surface area contributed by atoms with E-state index in [1.165, 1.54) is 5.56 Å².